The fourth-order valence-corrected chi connectivity index (χ4v) is 4.44. The van der Waals surface area contributed by atoms with Crippen molar-refractivity contribution in [2.24, 2.45) is 0 Å². The summed E-state index contributed by atoms with van der Waals surface area (Å²) in [5, 5.41) is 2.93. The standard InChI is InChI=1S/C27H30FN3O2/c1-19-10-11-24(27(32)29-17-20-6-5-8-23(28)16-20)26(30-19)21-12-14-31(15-13-21)18-22-7-3-4-9-25(22)33-2/h3-11,16,21H,12-15,17-18H2,1-2H3,(H,29,32). The first kappa shape index (κ1) is 22.9. The zero-order valence-corrected chi connectivity index (χ0v) is 19.2. The molecule has 4 rings (SSSR count). The summed E-state index contributed by atoms with van der Waals surface area (Å²) in [6, 6.07) is 18.1. The smallest absolute Gasteiger partial charge is 0.253 e. The molecule has 0 bridgehead atoms. The lowest BCUT2D eigenvalue weighted by molar-refractivity contribution is 0.0947. The summed E-state index contributed by atoms with van der Waals surface area (Å²) >= 11 is 0. The second-order valence-electron chi connectivity index (χ2n) is 8.56. The second-order valence-corrected chi connectivity index (χ2v) is 8.56. The normalized spacial score (nSPS) is 14.8. The molecule has 2 aromatic carbocycles. The van der Waals surface area contributed by atoms with Gasteiger partial charge in [-0.25, -0.2) is 4.39 Å². The van der Waals surface area contributed by atoms with Gasteiger partial charge in [-0.2, -0.15) is 0 Å². The molecule has 3 aromatic rings. The van der Waals surface area contributed by atoms with Gasteiger partial charge < -0.3 is 10.1 Å². The number of ether oxygens (including phenoxy) is 1. The highest BCUT2D eigenvalue weighted by atomic mass is 19.1. The molecule has 0 unspecified atom stereocenters. The van der Waals surface area contributed by atoms with Crippen LogP contribution >= 0.6 is 0 Å². The Hall–Kier alpha value is -3.25. The molecule has 1 saturated heterocycles. The Morgan fingerprint density at radius 1 is 1.12 bits per heavy atom. The Bertz CT molecular complexity index is 1110. The van der Waals surface area contributed by atoms with Gasteiger partial charge in [0.05, 0.1) is 18.4 Å². The average molecular weight is 448 g/mol. The monoisotopic (exact) mass is 447 g/mol. The van der Waals surface area contributed by atoms with E-state index in [0.29, 0.717) is 5.56 Å². The molecule has 0 radical (unpaired) electrons. The van der Waals surface area contributed by atoms with E-state index in [4.69, 9.17) is 9.72 Å². The summed E-state index contributed by atoms with van der Waals surface area (Å²) in [4.78, 5) is 20.2. The number of hydrogen-bond acceptors (Lipinski definition) is 4. The molecule has 1 aliphatic heterocycles. The van der Waals surface area contributed by atoms with Gasteiger partial charge in [-0.15, -0.1) is 0 Å². The summed E-state index contributed by atoms with van der Waals surface area (Å²) in [5.74, 6) is 0.670. The number of rotatable bonds is 7. The number of amides is 1. The minimum Gasteiger partial charge on any atom is -0.496 e. The lowest BCUT2D eigenvalue weighted by Crippen LogP contribution is -2.34. The minimum atomic E-state index is -0.306. The van der Waals surface area contributed by atoms with Crippen molar-refractivity contribution in [2.75, 3.05) is 20.2 Å². The third-order valence-electron chi connectivity index (χ3n) is 6.21. The molecule has 1 N–H and O–H groups in total. The number of hydrogen-bond donors (Lipinski definition) is 1. The number of para-hydroxylation sites is 1. The maximum Gasteiger partial charge on any atom is 0.253 e. The predicted molar refractivity (Wildman–Crippen MR) is 127 cm³/mol. The van der Waals surface area contributed by atoms with E-state index in [-0.39, 0.29) is 24.2 Å². The zero-order valence-electron chi connectivity index (χ0n) is 19.2. The number of carbonyl (C=O) groups excluding carboxylic acids is 1. The van der Waals surface area contributed by atoms with E-state index in [0.717, 1.165) is 55.2 Å². The van der Waals surface area contributed by atoms with Gasteiger partial charge in [-0.1, -0.05) is 30.3 Å². The molecule has 0 atom stereocenters. The fraction of sp³-hybridized carbons (Fsp3) is 0.333. The van der Waals surface area contributed by atoms with E-state index >= 15 is 0 Å². The first-order valence-electron chi connectivity index (χ1n) is 11.4. The molecule has 1 aliphatic rings. The van der Waals surface area contributed by atoms with Crippen LogP contribution in [-0.2, 0) is 13.1 Å². The highest BCUT2D eigenvalue weighted by molar-refractivity contribution is 5.95. The summed E-state index contributed by atoms with van der Waals surface area (Å²) in [6.45, 7) is 4.94. The van der Waals surface area contributed by atoms with Crippen molar-refractivity contribution in [3.05, 3.63) is 94.6 Å². The number of halogens is 1. The molecule has 5 nitrogen and oxygen atoms in total. The van der Waals surface area contributed by atoms with Crippen molar-refractivity contribution in [3.8, 4) is 5.75 Å². The van der Waals surface area contributed by atoms with Crippen LogP contribution in [0.1, 0.15) is 51.6 Å². The molecular weight excluding hydrogens is 417 g/mol. The number of pyridine rings is 1. The van der Waals surface area contributed by atoms with Crippen LogP contribution < -0.4 is 10.1 Å². The molecule has 0 spiro atoms. The predicted octanol–water partition coefficient (Wildman–Crippen LogP) is 4.85. The van der Waals surface area contributed by atoms with E-state index in [2.05, 4.69) is 16.3 Å². The number of benzene rings is 2. The minimum absolute atomic E-state index is 0.168. The highest BCUT2D eigenvalue weighted by Gasteiger charge is 2.26. The van der Waals surface area contributed by atoms with Gasteiger partial charge in [0.1, 0.15) is 11.6 Å². The quantitative estimate of drug-likeness (QED) is 0.563. The van der Waals surface area contributed by atoms with E-state index in [9.17, 15) is 9.18 Å². The van der Waals surface area contributed by atoms with Gasteiger partial charge in [0, 0.05) is 30.3 Å². The van der Waals surface area contributed by atoms with Crippen molar-refractivity contribution in [2.45, 2.75) is 38.8 Å². The molecule has 1 fully saturated rings. The summed E-state index contributed by atoms with van der Waals surface area (Å²) in [6.07, 6.45) is 1.88. The number of likely N-dealkylation sites (tertiary alicyclic amines) is 1. The number of nitrogens with one attached hydrogen (secondary N) is 1. The Kier molecular flexibility index (Phi) is 7.35. The molecule has 0 aliphatic carbocycles. The van der Waals surface area contributed by atoms with Gasteiger partial charge in [-0.3, -0.25) is 14.7 Å². The molecule has 2 heterocycles. The summed E-state index contributed by atoms with van der Waals surface area (Å²) in [5.41, 5.74) is 4.30. The molecule has 6 heteroatoms. The molecule has 172 valence electrons. The number of methoxy groups -OCH3 is 1. The molecular formula is C27H30FN3O2. The van der Waals surface area contributed by atoms with Crippen LogP contribution in [0.15, 0.2) is 60.7 Å². The fourth-order valence-electron chi connectivity index (χ4n) is 4.44. The van der Waals surface area contributed by atoms with Crippen LogP contribution in [0.25, 0.3) is 0 Å². The Morgan fingerprint density at radius 2 is 1.91 bits per heavy atom. The number of piperidine rings is 1. The Labute approximate surface area is 194 Å². The van der Waals surface area contributed by atoms with Gasteiger partial charge >= 0.3 is 0 Å². The van der Waals surface area contributed by atoms with E-state index in [1.807, 2.05) is 37.3 Å². The van der Waals surface area contributed by atoms with Gasteiger partial charge in [-0.05, 0) is 68.8 Å². The zero-order chi connectivity index (χ0) is 23.2. The van der Waals surface area contributed by atoms with Crippen LogP contribution in [0.2, 0.25) is 0 Å². The van der Waals surface area contributed by atoms with Crippen molar-refractivity contribution in [3.63, 3.8) is 0 Å². The van der Waals surface area contributed by atoms with Crippen LogP contribution in [0.4, 0.5) is 4.39 Å². The lowest BCUT2D eigenvalue weighted by atomic mass is 9.89. The van der Waals surface area contributed by atoms with Crippen molar-refractivity contribution < 1.29 is 13.9 Å². The van der Waals surface area contributed by atoms with Gasteiger partial charge in [0.2, 0.25) is 0 Å². The van der Waals surface area contributed by atoms with E-state index < -0.39 is 0 Å². The van der Waals surface area contributed by atoms with Crippen molar-refractivity contribution in [1.82, 2.24) is 15.2 Å². The Balaban J connectivity index is 1.42. The van der Waals surface area contributed by atoms with Crippen molar-refractivity contribution >= 4 is 5.91 Å². The summed E-state index contributed by atoms with van der Waals surface area (Å²) in [7, 11) is 1.70. The number of aryl methyl sites for hydroxylation is 1. The maximum atomic E-state index is 13.4. The van der Waals surface area contributed by atoms with Crippen LogP contribution in [-0.4, -0.2) is 36.0 Å². The lowest BCUT2D eigenvalue weighted by Gasteiger charge is -2.32. The Morgan fingerprint density at radius 3 is 2.67 bits per heavy atom. The molecule has 0 saturated carbocycles. The third kappa shape index (κ3) is 5.76. The average Bonchev–Trinajstić information content (AvgIpc) is 2.83. The van der Waals surface area contributed by atoms with Crippen LogP contribution in [0.5, 0.6) is 5.75 Å². The largest absolute Gasteiger partial charge is 0.496 e. The number of nitrogens with zero attached hydrogens (tertiary/aromatic N) is 2. The van der Waals surface area contributed by atoms with Crippen molar-refractivity contribution in [1.29, 1.82) is 0 Å². The topological polar surface area (TPSA) is 54.5 Å². The summed E-state index contributed by atoms with van der Waals surface area (Å²) < 4.78 is 18.9. The first-order valence-corrected chi connectivity index (χ1v) is 11.4. The van der Waals surface area contributed by atoms with Crippen LogP contribution in [0, 0.1) is 12.7 Å². The number of carbonyl (C=O) groups is 1. The second kappa shape index (κ2) is 10.6. The van der Waals surface area contributed by atoms with E-state index in [1.165, 1.54) is 17.7 Å². The number of aromatic nitrogens is 1. The maximum absolute atomic E-state index is 13.4. The van der Waals surface area contributed by atoms with Crippen LogP contribution in [0.3, 0.4) is 0 Å². The van der Waals surface area contributed by atoms with Gasteiger partial charge in [0.25, 0.3) is 5.91 Å². The molecule has 33 heavy (non-hydrogen) atoms. The third-order valence-corrected chi connectivity index (χ3v) is 6.21. The van der Waals surface area contributed by atoms with E-state index in [1.54, 1.807) is 19.2 Å². The first-order chi connectivity index (χ1) is 16.0. The molecule has 1 amide bonds. The molecule has 1 aromatic heterocycles. The highest BCUT2D eigenvalue weighted by Crippen LogP contribution is 2.31. The SMILES string of the molecule is COc1ccccc1CN1CCC(c2nc(C)ccc2C(=O)NCc2cccc(F)c2)CC1. The van der Waals surface area contributed by atoms with Gasteiger partial charge in [0.15, 0.2) is 0 Å².